The van der Waals surface area contributed by atoms with Crippen molar-refractivity contribution in [2.75, 3.05) is 0 Å². The third-order valence-corrected chi connectivity index (χ3v) is 5.13. The molecule has 0 aliphatic heterocycles. The molecule has 0 saturated heterocycles. The van der Waals surface area contributed by atoms with Crippen LogP contribution in [0.2, 0.25) is 0 Å². The highest BCUT2D eigenvalue weighted by Crippen LogP contribution is 2.31. The number of nitrogens with zero attached hydrogens (tertiary/aromatic N) is 1. The smallest absolute Gasteiger partial charge is 0.0731 e. The van der Waals surface area contributed by atoms with Crippen LogP contribution in [0.25, 0.3) is 0 Å². The Morgan fingerprint density at radius 1 is 0.667 bits per heavy atom. The maximum Gasteiger partial charge on any atom is 0.0731 e. The maximum atomic E-state index is 9.43. The van der Waals surface area contributed by atoms with Gasteiger partial charge in [-0.1, -0.05) is 97.3 Å². The Morgan fingerprint density at radius 3 is 1.33 bits per heavy atom. The molecular weight excluding hydrogens is 273 g/mol. The van der Waals surface area contributed by atoms with Crippen molar-refractivity contribution in [2.45, 2.75) is 115 Å². The van der Waals surface area contributed by atoms with E-state index in [2.05, 4.69) is 29.2 Å². The van der Waals surface area contributed by atoms with Crippen LogP contribution in [0.5, 0.6) is 0 Å². The Morgan fingerprint density at radius 2 is 1.00 bits per heavy atom. The summed E-state index contributed by atoms with van der Waals surface area (Å²) in [6.45, 7) is 4.52. The summed E-state index contributed by atoms with van der Waals surface area (Å²) in [6.07, 6.45) is 19.4. The third-order valence-electron chi connectivity index (χ3n) is 4.43. The van der Waals surface area contributed by atoms with E-state index >= 15 is 0 Å². The normalized spacial score (nSPS) is 13.8. The van der Waals surface area contributed by atoms with Crippen LogP contribution in [0.4, 0.5) is 0 Å². The van der Waals surface area contributed by atoms with Gasteiger partial charge in [0, 0.05) is 0 Å². The van der Waals surface area contributed by atoms with E-state index in [1.165, 1.54) is 83.5 Å². The van der Waals surface area contributed by atoms with Crippen molar-refractivity contribution in [3.8, 4) is 6.07 Å². The first-order valence-electron chi connectivity index (χ1n) is 9.38. The minimum atomic E-state index is -0.145. The molecule has 0 N–H and O–H groups in total. The van der Waals surface area contributed by atoms with Gasteiger partial charge in [0.25, 0.3) is 0 Å². The van der Waals surface area contributed by atoms with Crippen LogP contribution in [0.3, 0.4) is 0 Å². The molecule has 0 fully saturated rings. The van der Waals surface area contributed by atoms with Gasteiger partial charge in [-0.05, 0) is 12.8 Å². The molecule has 0 saturated carbocycles. The molecule has 0 heterocycles. The van der Waals surface area contributed by atoms with Crippen molar-refractivity contribution in [1.82, 2.24) is 0 Å². The first-order valence-corrected chi connectivity index (χ1v) is 9.96. The van der Waals surface area contributed by atoms with Crippen molar-refractivity contribution < 1.29 is 0 Å². The second kappa shape index (κ2) is 14.8. The van der Waals surface area contributed by atoms with Crippen molar-refractivity contribution in [3.05, 3.63) is 0 Å². The predicted molar refractivity (Wildman–Crippen MR) is 98.7 cm³/mol. The number of rotatable bonds is 15. The third kappa shape index (κ3) is 13.3. The number of unbranched alkanes of at least 4 members (excludes halogenated alkanes) is 11. The largest absolute Gasteiger partial charge is 0.197 e. The Hall–Kier alpha value is -0.0800. The fraction of sp³-hybridized carbons (Fsp3) is 0.947. The molecule has 0 aromatic heterocycles. The predicted octanol–water partition coefficient (Wildman–Crippen LogP) is 7.02. The van der Waals surface area contributed by atoms with E-state index in [-0.39, 0.29) is 5.16 Å². The van der Waals surface area contributed by atoms with Gasteiger partial charge in [-0.25, -0.2) is 0 Å². The molecule has 0 radical (unpaired) electrons. The van der Waals surface area contributed by atoms with Gasteiger partial charge in [-0.3, -0.25) is 0 Å². The molecule has 1 nitrogen and oxygen atoms in total. The fourth-order valence-electron chi connectivity index (χ4n) is 2.86. The summed E-state index contributed by atoms with van der Waals surface area (Å²) in [5.41, 5.74) is 0. The average Bonchev–Trinajstić information content (AvgIpc) is 2.50. The topological polar surface area (TPSA) is 23.8 Å². The van der Waals surface area contributed by atoms with Crippen molar-refractivity contribution >= 4 is 9.24 Å². The zero-order valence-corrected chi connectivity index (χ0v) is 15.8. The van der Waals surface area contributed by atoms with Crippen LogP contribution in [0.1, 0.15) is 110 Å². The highest BCUT2D eigenvalue weighted by Gasteiger charge is 2.22. The Bertz CT molecular complexity index is 259. The number of nitriles is 1. The van der Waals surface area contributed by atoms with Crippen LogP contribution < -0.4 is 0 Å². The van der Waals surface area contributed by atoms with Gasteiger partial charge >= 0.3 is 0 Å². The molecule has 2 unspecified atom stereocenters. The van der Waals surface area contributed by atoms with Crippen LogP contribution in [-0.2, 0) is 0 Å². The lowest BCUT2D eigenvalue weighted by Gasteiger charge is -2.21. The lowest BCUT2D eigenvalue weighted by Crippen LogP contribution is -2.17. The molecule has 0 aliphatic carbocycles. The lowest BCUT2D eigenvalue weighted by molar-refractivity contribution is 0.498. The van der Waals surface area contributed by atoms with E-state index in [1.807, 2.05) is 0 Å². The molecule has 0 aromatic carbocycles. The number of hydrogen-bond donors (Lipinski definition) is 0. The van der Waals surface area contributed by atoms with E-state index in [4.69, 9.17) is 0 Å². The monoisotopic (exact) mass is 311 g/mol. The molecule has 21 heavy (non-hydrogen) atoms. The summed E-state index contributed by atoms with van der Waals surface area (Å²) in [5, 5.41) is 9.28. The van der Waals surface area contributed by atoms with Gasteiger partial charge in [0.2, 0.25) is 0 Å². The van der Waals surface area contributed by atoms with E-state index in [0.717, 1.165) is 12.8 Å². The molecule has 0 spiro atoms. The SMILES string of the molecule is CCCCCCCCCC(P)(C#N)CCCCCCCC. The van der Waals surface area contributed by atoms with Crippen LogP contribution in [-0.4, -0.2) is 5.16 Å². The molecular formula is C19H38NP. The summed E-state index contributed by atoms with van der Waals surface area (Å²) >= 11 is 0. The number of hydrogen-bond acceptors (Lipinski definition) is 1. The highest BCUT2D eigenvalue weighted by molar-refractivity contribution is 7.19. The fourth-order valence-corrected chi connectivity index (χ4v) is 3.26. The molecule has 0 aliphatic rings. The Kier molecular flexibility index (Phi) is 14.8. The van der Waals surface area contributed by atoms with E-state index < -0.39 is 0 Å². The van der Waals surface area contributed by atoms with Gasteiger partial charge in [0.05, 0.1) is 11.2 Å². The van der Waals surface area contributed by atoms with Crippen LogP contribution >= 0.6 is 9.24 Å². The first-order chi connectivity index (χ1) is 10.2. The summed E-state index contributed by atoms with van der Waals surface area (Å²) in [4.78, 5) is 0. The van der Waals surface area contributed by atoms with Crippen molar-refractivity contribution in [1.29, 1.82) is 5.26 Å². The zero-order chi connectivity index (χ0) is 15.8. The molecule has 2 atom stereocenters. The molecule has 0 aromatic rings. The van der Waals surface area contributed by atoms with Gasteiger partial charge in [0.1, 0.15) is 0 Å². The lowest BCUT2D eigenvalue weighted by atomic mass is 9.94. The summed E-state index contributed by atoms with van der Waals surface area (Å²) in [5.74, 6) is 0. The maximum absolute atomic E-state index is 9.43. The van der Waals surface area contributed by atoms with E-state index in [0.29, 0.717) is 0 Å². The first kappa shape index (κ1) is 20.9. The van der Waals surface area contributed by atoms with Gasteiger partial charge < -0.3 is 0 Å². The standard InChI is InChI=1S/C19H38NP/c1-3-5-7-9-11-13-15-17-19(21,18-20)16-14-12-10-8-6-4-2/h3-17,21H2,1-2H3. The quantitative estimate of drug-likeness (QED) is 0.235. The van der Waals surface area contributed by atoms with Gasteiger partial charge in [0.15, 0.2) is 0 Å². The van der Waals surface area contributed by atoms with E-state index in [9.17, 15) is 5.26 Å². The Labute approximate surface area is 136 Å². The average molecular weight is 311 g/mol. The molecule has 2 heteroatoms. The van der Waals surface area contributed by atoms with Gasteiger partial charge in [-0.2, -0.15) is 5.26 Å². The second-order valence-electron chi connectivity index (χ2n) is 6.66. The van der Waals surface area contributed by atoms with Crippen LogP contribution in [0.15, 0.2) is 0 Å². The van der Waals surface area contributed by atoms with Crippen LogP contribution in [0, 0.1) is 11.3 Å². The van der Waals surface area contributed by atoms with Crippen molar-refractivity contribution in [2.24, 2.45) is 0 Å². The molecule has 0 rings (SSSR count). The Balaban J connectivity index is 3.58. The van der Waals surface area contributed by atoms with Gasteiger partial charge in [-0.15, -0.1) is 9.24 Å². The second-order valence-corrected chi connectivity index (χ2v) is 7.76. The molecule has 124 valence electrons. The summed E-state index contributed by atoms with van der Waals surface area (Å²) < 4.78 is 0. The minimum Gasteiger partial charge on any atom is -0.197 e. The highest BCUT2D eigenvalue weighted by atomic mass is 31.0. The van der Waals surface area contributed by atoms with Crippen molar-refractivity contribution in [3.63, 3.8) is 0 Å². The zero-order valence-electron chi connectivity index (χ0n) is 14.6. The summed E-state index contributed by atoms with van der Waals surface area (Å²) in [6, 6.07) is 2.55. The molecule has 0 amide bonds. The minimum absolute atomic E-state index is 0.145. The summed E-state index contributed by atoms with van der Waals surface area (Å²) in [7, 11) is 2.85. The molecule has 0 bridgehead atoms. The van der Waals surface area contributed by atoms with E-state index in [1.54, 1.807) is 0 Å².